The normalized spacial score (nSPS) is 18.3. The van der Waals surface area contributed by atoms with Crippen molar-refractivity contribution >= 4 is 40.1 Å². The van der Waals surface area contributed by atoms with Crippen molar-refractivity contribution < 1.29 is 23.6 Å². The fraction of sp³-hybridized carbons (Fsp3) is 0.394. The third-order valence-electron chi connectivity index (χ3n) is 8.25. The summed E-state index contributed by atoms with van der Waals surface area (Å²) in [5.74, 6) is -1.35. The molecule has 10 heteroatoms. The molecule has 0 aromatic heterocycles. The molecular weight excluding hydrogens is 549 g/mol. The van der Waals surface area contributed by atoms with Crippen molar-refractivity contribution in [3.63, 3.8) is 0 Å². The average molecular weight is 588 g/mol. The smallest absolute Gasteiger partial charge is 0.246 e. The van der Waals surface area contributed by atoms with E-state index in [4.69, 9.17) is 0 Å². The van der Waals surface area contributed by atoms with Crippen molar-refractivity contribution in [3.8, 4) is 0 Å². The van der Waals surface area contributed by atoms with Gasteiger partial charge in [0.15, 0.2) is 0 Å². The first kappa shape index (κ1) is 30.2. The lowest BCUT2D eigenvalue weighted by atomic mass is 9.99. The van der Waals surface area contributed by atoms with Gasteiger partial charge < -0.3 is 25.8 Å². The predicted octanol–water partition coefficient (Wildman–Crippen LogP) is 3.09. The minimum absolute atomic E-state index is 0.0231. The maximum Gasteiger partial charge on any atom is 0.246 e. The van der Waals surface area contributed by atoms with Crippen LogP contribution in [-0.4, -0.2) is 78.2 Å². The highest BCUT2D eigenvalue weighted by Gasteiger charge is 2.44. The molecule has 43 heavy (non-hydrogen) atoms. The summed E-state index contributed by atoms with van der Waals surface area (Å²) in [4.78, 5) is 56.9. The van der Waals surface area contributed by atoms with Gasteiger partial charge in [0.05, 0.1) is 6.54 Å². The number of piperazine rings is 1. The molecule has 1 heterocycles. The molecule has 0 radical (unpaired) electrons. The second-order valence-electron chi connectivity index (χ2n) is 11.5. The number of likely N-dealkylation sites (N-methyl/N-ethyl adjacent to an activating group) is 1. The van der Waals surface area contributed by atoms with E-state index >= 15 is 0 Å². The number of anilines is 1. The van der Waals surface area contributed by atoms with E-state index in [9.17, 15) is 23.6 Å². The molecule has 3 N–H and O–H groups in total. The maximum atomic E-state index is 14.0. The third-order valence-corrected chi connectivity index (χ3v) is 8.25. The summed E-state index contributed by atoms with van der Waals surface area (Å²) in [5, 5.41) is 10.6. The Morgan fingerprint density at radius 2 is 1.70 bits per heavy atom. The van der Waals surface area contributed by atoms with Crippen LogP contribution >= 0.6 is 0 Å². The minimum atomic E-state index is -0.930. The molecule has 3 aromatic carbocycles. The predicted molar refractivity (Wildman–Crippen MR) is 163 cm³/mol. The van der Waals surface area contributed by atoms with E-state index in [0.717, 1.165) is 23.6 Å². The van der Waals surface area contributed by atoms with E-state index in [-0.39, 0.29) is 49.7 Å². The minimum Gasteiger partial charge on any atom is -0.343 e. The van der Waals surface area contributed by atoms with E-state index < -0.39 is 23.9 Å². The van der Waals surface area contributed by atoms with Gasteiger partial charge in [0.1, 0.15) is 23.9 Å². The Bertz CT molecular complexity index is 1490. The van der Waals surface area contributed by atoms with Crippen LogP contribution in [0.4, 0.5) is 10.1 Å². The van der Waals surface area contributed by atoms with Crippen LogP contribution < -0.4 is 16.0 Å². The Balaban J connectivity index is 1.32. The molecule has 2 aliphatic rings. The molecule has 2 fully saturated rings. The summed E-state index contributed by atoms with van der Waals surface area (Å²) in [7, 11) is 1.64. The number of carbonyl (C=O) groups is 4. The quantitative estimate of drug-likeness (QED) is 0.320. The number of benzene rings is 3. The molecule has 226 valence electrons. The molecule has 1 saturated carbocycles. The van der Waals surface area contributed by atoms with Crippen LogP contribution in [0.5, 0.6) is 0 Å². The number of halogens is 1. The van der Waals surface area contributed by atoms with Gasteiger partial charge in [-0.15, -0.1) is 0 Å². The lowest BCUT2D eigenvalue weighted by Gasteiger charge is -2.43. The van der Waals surface area contributed by atoms with E-state index in [2.05, 4.69) is 16.0 Å². The van der Waals surface area contributed by atoms with Crippen LogP contribution in [0.3, 0.4) is 0 Å². The number of carbonyl (C=O) groups excluding carboxylic acids is 4. The van der Waals surface area contributed by atoms with Crippen LogP contribution in [-0.2, 0) is 25.6 Å². The Morgan fingerprint density at radius 1 is 0.977 bits per heavy atom. The largest absolute Gasteiger partial charge is 0.343 e. The Hall–Kier alpha value is -4.31. The first-order valence-electron chi connectivity index (χ1n) is 14.8. The summed E-state index contributed by atoms with van der Waals surface area (Å²) in [5.41, 5.74) is 1.33. The molecule has 1 aliphatic carbocycles. The maximum absolute atomic E-state index is 14.0. The van der Waals surface area contributed by atoms with E-state index in [1.165, 1.54) is 12.1 Å². The molecule has 5 rings (SSSR count). The number of hydrogen-bond donors (Lipinski definition) is 3. The van der Waals surface area contributed by atoms with Crippen LogP contribution in [0.25, 0.3) is 10.8 Å². The van der Waals surface area contributed by atoms with Gasteiger partial charge in [-0.25, -0.2) is 4.39 Å². The van der Waals surface area contributed by atoms with Gasteiger partial charge in [0.2, 0.25) is 23.6 Å². The van der Waals surface area contributed by atoms with Crippen LogP contribution in [0.1, 0.15) is 31.7 Å². The molecule has 4 amide bonds. The van der Waals surface area contributed by atoms with Crippen molar-refractivity contribution in [2.24, 2.45) is 5.92 Å². The summed E-state index contributed by atoms with van der Waals surface area (Å²) in [6.45, 7) is 2.15. The number of nitrogens with zero attached hydrogens (tertiary/aromatic N) is 2. The molecule has 1 unspecified atom stereocenters. The summed E-state index contributed by atoms with van der Waals surface area (Å²) >= 11 is 0. The SMILES string of the molecule is CNCC(=O)NC(Cc1ccc(F)cc1)C(=O)N1CCN([C@@H](C)C(=O)Nc2ccc3ccccc3c2)C(=O)[C@H]1CC1CC1. The third kappa shape index (κ3) is 7.37. The number of amides is 4. The van der Waals surface area contributed by atoms with Crippen molar-refractivity contribution in [2.75, 3.05) is 32.0 Å². The number of hydrogen-bond acceptors (Lipinski definition) is 5. The van der Waals surface area contributed by atoms with Gasteiger partial charge in [-0.1, -0.05) is 55.3 Å². The van der Waals surface area contributed by atoms with Crippen LogP contribution in [0.15, 0.2) is 66.7 Å². The van der Waals surface area contributed by atoms with Crippen molar-refractivity contribution in [2.45, 2.75) is 50.7 Å². The number of rotatable bonds is 11. The molecular formula is C33H38FN5O4. The van der Waals surface area contributed by atoms with Gasteiger partial charge in [-0.05, 0) is 66.9 Å². The molecule has 9 nitrogen and oxygen atoms in total. The monoisotopic (exact) mass is 587 g/mol. The zero-order chi connectivity index (χ0) is 30.5. The Labute approximate surface area is 250 Å². The van der Waals surface area contributed by atoms with Crippen LogP contribution in [0.2, 0.25) is 0 Å². The van der Waals surface area contributed by atoms with E-state index in [1.807, 2.05) is 42.5 Å². The highest BCUT2D eigenvalue weighted by Crippen LogP contribution is 2.36. The second kappa shape index (κ2) is 13.3. The lowest BCUT2D eigenvalue weighted by Crippen LogP contribution is -2.65. The van der Waals surface area contributed by atoms with Gasteiger partial charge in [0.25, 0.3) is 0 Å². The average Bonchev–Trinajstić information content (AvgIpc) is 3.82. The molecule has 1 aliphatic heterocycles. The Morgan fingerprint density at radius 3 is 2.40 bits per heavy atom. The highest BCUT2D eigenvalue weighted by molar-refractivity contribution is 6.00. The summed E-state index contributed by atoms with van der Waals surface area (Å²) < 4.78 is 13.5. The van der Waals surface area contributed by atoms with Gasteiger partial charge in [-0.3, -0.25) is 19.2 Å². The van der Waals surface area contributed by atoms with Crippen molar-refractivity contribution in [3.05, 3.63) is 78.1 Å². The molecule has 3 atom stereocenters. The Kier molecular flexibility index (Phi) is 9.35. The standard InChI is InChI=1S/C33H38FN5O4/c1-21(31(41)36-27-14-11-24-5-3-4-6-25(24)19-27)38-15-16-39(29(33(38)43)18-23-7-8-23)32(42)28(37-30(40)20-35-2)17-22-9-12-26(34)13-10-22/h3-6,9-14,19,21,23,28-29,35H,7-8,15-18,20H2,1-2H3,(H,36,41)(H,37,40)/t21-,28?,29+/m0/s1. The van der Waals surface area contributed by atoms with Crippen LogP contribution in [0, 0.1) is 11.7 Å². The molecule has 1 saturated heterocycles. The van der Waals surface area contributed by atoms with Gasteiger partial charge in [-0.2, -0.15) is 0 Å². The molecule has 3 aromatic rings. The van der Waals surface area contributed by atoms with E-state index in [0.29, 0.717) is 23.6 Å². The zero-order valence-corrected chi connectivity index (χ0v) is 24.5. The summed E-state index contributed by atoms with van der Waals surface area (Å²) in [6, 6.07) is 16.9. The molecule has 0 spiro atoms. The number of fused-ring (bicyclic) bond motifs is 1. The summed E-state index contributed by atoms with van der Waals surface area (Å²) in [6.07, 6.45) is 2.64. The first-order chi connectivity index (χ1) is 20.7. The zero-order valence-electron chi connectivity index (χ0n) is 24.5. The van der Waals surface area contributed by atoms with Gasteiger partial charge >= 0.3 is 0 Å². The fourth-order valence-electron chi connectivity index (χ4n) is 5.67. The van der Waals surface area contributed by atoms with E-state index in [1.54, 1.807) is 35.9 Å². The fourth-order valence-corrected chi connectivity index (χ4v) is 5.67. The first-order valence-corrected chi connectivity index (χ1v) is 14.8. The van der Waals surface area contributed by atoms with Gasteiger partial charge in [0, 0.05) is 25.2 Å². The molecule has 0 bridgehead atoms. The lowest BCUT2D eigenvalue weighted by molar-refractivity contribution is -0.156. The van der Waals surface area contributed by atoms with Crippen molar-refractivity contribution in [1.82, 2.24) is 20.4 Å². The van der Waals surface area contributed by atoms with Crippen molar-refractivity contribution in [1.29, 1.82) is 0 Å². The second-order valence-corrected chi connectivity index (χ2v) is 11.5. The number of nitrogens with one attached hydrogen (secondary N) is 3. The highest BCUT2D eigenvalue weighted by atomic mass is 19.1. The topological polar surface area (TPSA) is 111 Å².